The second-order valence-electron chi connectivity index (χ2n) is 7.83. The number of rotatable bonds is 4. The zero-order valence-corrected chi connectivity index (χ0v) is 17.5. The zero-order valence-electron chi connectivity index (χ0n) is 17.5. The number of hydrogen-bond donors (Lipinski definition) is 0. The highest BCUT2D eigenvalue weighted by molar-refractivity contribution is 5.91. The lowest BCUT2D eigenvalue weighted by Gasteiger charge is -2.32. The van der Waals surface area contributed by atoms with E-state index in [4.69, 9.17) is 4.98 Å². The van der Waals surface area contributed by atoms with Crippen LogP contribution in [0.15, 0.2) is 61.1 Å². The molecule has 4 rings (SSSR count). The largest absolute Gasteiger partial charge is 0.338 e. The molecule has 1 aliphatic heterocycles. The van der Waals surface area contributed by atoms with Crippen LogP contribution in [0.25, 0.3) is 17.2 Å². The topological polar surface area (TPSA) is 59.0 Å². The van der Waals surface area contributed by atoms with Crippen molar-refractivity contribution in [2.24, 2.45) is 0 Å². The second-order valence-corrected chi connectivity index (χ2v) is 7.83. The van der Waals surface area contributed by atoms with E-state index in [1.807, 2.05) is 36.2 Å². The summed E-state index contributed by atoms with van der Waals surface area (Å²) in [5.74, 6) is 1.000. The van der Waals surface area contributed by atoms with E-state index >= 15 is 0 Å². The summed E-state index contributed by atoms with van der Waals surface area (Å²) in [5.41, 5.74) is 5.37. The predicted octanol–water partition coefficient (Wildman–Crippen LogP) is 4.57. The van der Waals surface area contributed by atoms with E-state index < -0.39 is 0 Å². The summed E-state index contributed by atoms with van der Waals surface area (Å²) in [5, 5.41) is 0. The molecule has 1 aliphatic rings. The number of pyridine rings is 1. The molecule has 0 bridgehead atoms. The summed E-state index contributed by atoms with van der Waals surface area (Å²) >= 11 is 0. The van der Waals surface area contributed by atoms with Gasteiger partial charge in [-0.2, -0.15) is 0 Å². The first-order valence-corrected chi connectivity index (χ1v) is 10.4. The van der Waals surface area contributed by atoms with Gasteiger partial charge in [-0.1, -0.05) is 35.9 Å². The fraction of sp³-hybridized carbons (Fsp3) is 0.280. The van der Waals surface area contributed by atoms with Crippen LogP contribution in [0.2, 0.25) is 0 Å². The predicted molar refractivity (Wildman–Crippen MR) is 119 cm³/mol. The summed E-state index contributed by atoms with van der Waals surface area (Å²) < 4.78 is 0. The summed E-state index contributed by atoms with van der Waals surface area (Å²) in [6.07, 6.45) is 10.9. The van der Waals surface area contributed by atoms with Crippen molar-refractivity contribution in [3.05, 3.63) is 83.7 Å². The lowest BCUT2D eigenvalue weighted by Crippen LogP contribution is -2.38. The molecule has 0 radical (unpaired) electrons. The van der Waals surface area contributed by atoms with Crippen molar-refractivity contribution in [2.45, 2.75) is 32.6 Å². The van der Waals surface area contributed by atoms with E-state index in [0.717, 1.165) is 47.6 Å². The Hall–Kier alpha value is -3.34. The lowest BCUT2D eigenvalue weighted by molar-refractivity contribution is -0.127. The zero-order chi connectivity index (χ0) is 20.9. The van der Waals surface area contributed by atoms with Gasteiger partial charge in [0.05, 0.1) is 5.69 Å². The standard InChI is InChI=1S/C25H26N4O/c1-18-6-3-8-21(14-18)23-16-27-19(2)28-25(23)22-9-5-13-29(17-22)24(30)11-10-20-7-4-12-26-15-20/h3-4,6-8,10-12,14-16,22H,5,9,13,17H2,1-2H3/b11-10+. The van der Waals surface area contributed by atoms with Gasteiger partial charge >= 0.3 is 0 Å². The molecule has 1 amide bonds. The van der Waals surface area contributed by atoms with E-state index in [-0.39, 0.29) is 11.8 Å². The van der Waals surface area contributed by atoms with Gasteiger partial charge in [0.1, 0.15) is 5.82 Å². The second kappa shape index (κ2) is 8.99. The molecule has 3 heterocycles. The summed E-state index contributed by atoms with van der Waals surface area (Å²) in [4.78, 5) is 28.1. The molecule has 1 saturated heterocycles. The highest BCUT2D eigenvalue weighted by atomic mass is 16.2. The number of piperidine rings is 1. The third kappa shape index (κ3) is 4.62. The van der Waals surface area contributed by atoms with Crippen LogP contribution < -0.4 is 0 Å². The molecular weight excluding hydrogens is 372 g/mol. The molecule has 0 N–H and O–H groups in total. The lowest BCUT2D eigenvalue weighted by atomic mass is 9.89. The quantitative estimate of drug-likeness (QED) is 0.604. The molecule has 1 unspecified atom stereocenters. The van der Waals surface area contributed by atoms with Crippen molar-refractivity contribution in [3.63, 3.8) is 0 Å². The minimum absolute atomic E-state index is 0.0337. The molecule has 1 aromatic carbocycles. The average molecular weight is 399 g/mol. The maximum Gasteiger partial charge on any atom is 0.246 e. The van der Waals surface area contributed by atoms with Crippen molar-refractivity contribution in [1.29, 1.82) is 0 Å². The average Bonchev–Trinajstić information content (AvgIpc) is 2.78. The Morgan fingerprint density at radius 1 is 1.17 bits per heavy atom. The molecule has 0 saturated carbocycles. The first-order chi connectivity index (χ1) is 14.6. The highest BCUT2D eigenvalue weighted by Gasteiger charge is 2.27. The number of aromatic nitrogens is 3. The molecule has 1 atom stereocenters. The van der Waals surface area contributed by atoms with Crippen molar-refractivity contribution in [3.8, 4) is 11.1 Å². The molecule has 1 fully saturated rings. The van der Waals surface area contributed by atoms with Gasteiger partial charge in [0, 0.05) is 49.2 Å². The fourth-order valence-electron chi connectivity index (χ4n) is 3.98. The normalized spacial score (nSPS) is 16.7. The van der Waals surface area contributed by atoms with Crippen LogP contribution in [0.4, 0.5) is 0 Å². The van der Waals surface area contributed by atoms with Crippen LogP contribution in [0, 0.1) is 13.8 Å². The number of amides is 1. The van der Waals surface area contributed by atoms with E-state index in [9.17, 15) is 4.79 Å². The van der Waals surface area contributed by atoms with Crippen molar-refractivity contribution >= 4 is 12.0 Å². The van der Waals surface area contributed by atoms with Gasteiger partial charge in [0.15, 0.2) is 0 Å². The van der Waals surface area contributed by atoms with Crippen LogP contribution in [0.3, 0.4) is 0 Å². The Bertz CT molecular complexity index is 1060. The maximum absolute atomic E-state index is 12.8. The van der Waals surface area contributed by atoms with Gasteiger partial charge in [0.25, 0.3) is 0 Å². The molecule has 3 aromatic rings. The van der Waals surface area contributed by atoms with Gasteiger partial charge in [-0.05, 0) is 50.0 Å². The Kier molecular flexibility index (Phi) is 5.98. The maximum atomic E-state index is 12.8. The number of carbonyl (C=O) groups is 1. The van der Waals surface area contributed by atoms with Gasteiger partial charge in [-0.15, -0.1) is 0 Å². The number of carbonyl (C=O) groups excluding carboxylic acids is 1. The van der Waals surface area contributed by atoms with Crippen LogP contribution in [0.5, 0.6) is 0 Å². The van der Waals surface area contributed by atoms with Gasteiger partial charge in [-0.25, -0.2) is 9.97 Å². The van der Waals surface area contributed by atoms with Gasteiger partial charge in [-0.3, -0.25) is 9.78 Å². The van der Waals surface area contributed by atoms with Crippen LogP contribution >= 0.6 is 0 Å². The third-order valence-electron chi connectivity index (χ3n) is 5.49. The number of hydrogen-bond acceptors (Lipinski definition) is 4. The van der Waals surface area contributed by atoms with E-state index in [2.05, 4.69) is 41.2 Å². The van der Waals surface area contributed by atoms with E-state index in [1.54, 1.807) is 18.5 Å². The smallest absolute Gasteiger partial charge is 0.246 e. The van der Waals surface area contributed by atoms with Crippen LogP contribution in [-0.4, -0.2) is 38.8 Å². The number of benzene rings is 1. The minimum Gasteiger partial charge on any atom is -0.338 e. The molecule has 0 spiro atoms. The summed E-state index contributed by atoms with van der Waals surface area (Å²) in [6, 6.07) is 12.2. The Balaban J connectivity index is 1.57. The molecule has 2 aromatic heterocycles. The molecular formula is C25H26N4O. The van der Waals surface area contributed by atoms with Gasteiger partial charge < -0.3 is 4.90 Å². The first kappa shape index (κ1) is 20.0. The number of aryl methyl sites for hydroxylation is 2. The third-order valence-corrected chi connectivity index (χ3v) is 5.49. The van der Waals surface area contributed by atoms with E-state index in [1.165, 1.54) is 5.56 Å². The molecule has 5 nitrogen and oxygen atoms in total. The Morgan fingerprint density at radius 2 is 2.07 bits per heavy atom. The number of likely N-dealkylation sites (tertiary alicyclic amines) is 1. The summed E-state index contributed by atoms with van der Waals surface area (Å²) in [6.45, 7) is 5.46. The molecule has 30 heavy (non-hydrogen) atoms. The molecule has 0 aliphatic carbocycles. The Morgan fingerprint density at radius 3 is 2.87 bits per heavy atom. The van der Waals surface area contributed by atoms with Crippen molar-refractivity contribution < 1.29 is 4.79 Å². The Labute approximate surface area is 177 Å². The SMILES string of the molecule is Cc1cccc(-c2cnc(C)nc2C2CCCN(C(=O)/C=C/c3cccnc3)C2)c1. The van der Waals surface area contributed by atoms with Crippen LogP contribution in [0.1, 0.15) is 41.4 Å². The van der Waals surface area contributed by atoms with Gasteiger partial charge in [0.2, 0.25) is 5.91 Å². The summed E-state index contributed by atoms with van der Waals surface area (Å²) in [7, 11) is 0. The van der Waals surface area contributed by atoms with Crippen molar-refractivity contribution in [2.75, 3.05) is 13.1 Å². The molecule has 5 heteroatoms. The highest BCUT2D eigenvalue weighted by Crippen LogP contribution is 2.33. The van der Waals surface area contributed by atoms with Crippen molar-refractivity contribution in [1.82, 2.24) is 19.9 Å². The van der Waals surface area contributed by atoms with E-state index in [0.29, 0.717) is 6.54 Å². The fourth-order valence-corrected chi connectivity index (χ4v) is 3.98. The van der Waals surface area contributed by atoms with Crippen LogP contribution in [-0.2, 0) is 4.79 Å². The number of nitrogens with zero attached hydrogens (tertiary/aromatic N) is 4. The first-order valence-electron chi connectivity index (χ1n) is 10.4. The monoisotopic (exact) mass is 398 g/mol. The molecule has 152 valence electrons. The minimum atomic E-state index is 0.0337.